The Bertz CT molecular complexity index is 578. The van der Waals surface area contributed by atoms with E-state index in [1.54, 1.807) is 17.5 Å². The Labute approximate surface area is 136 Å². The lowest BCUT2D eigenvalue weighted by Gasteiger charge is -2.31. The van der Waals surface area contributed by atoms with Crippen LogP contribution in [0, 0.1) is 0 Å². The van der Waals surface area contributed by atoms with Gasteiger partial charge >= 0.3 is 0 Å². The van der Waals surface area contributed by atoms with Gasteiger partial charge in [0.05, 0.1) is 26.2 Å². The molecular formula is C14H24N3O3S2+. The highest BCUT2D eigenvalue weighted by Crippen LogP contribution is 2.20. The fraction of sp³-hybridized carbons (Fsp3) is 0.643. The molecule has 2 rings (SSSR count). The van der Waals surface area contributed by atoms with Crippen LogP contribution in [0.25, 0.3) is 0 Å². The summed E-state index contributed by atoms with van der Waals surface area (Å²) < 4.78 is 26.7. The molecule has 22 heavy (non-hydrogen) atoms. The third-order valence-corrected chi connectivity index (χ3v) is 7.22. The van der Waals surface area contributed by atoms with E-state index < -0.39 is 10.0 Å². The quantitative estimate of drug-likeness (QED) is 0.733. The molecule has 8 heteroatoms. The molecule has 0 radical (unpaired) electrons. The fourth-order valence-corrected chi connectivity index (χ4v) is 5.00. The molecule has 6 nitrogen and oxygen atoms in total. The molecule has 2 N–H and O–H groups in total. The van der Waals surface area contributed by atoms with Gasteiger partial charge in [0.15, 0.2) is 6.54 Å². The van der Waals surface area contributed by atoms with Crippen molar-refractivity contribution < 1.29 is 18.1 Å². The van der Waals surface area contributed by atoms with Crippen molar-refractivity contribution in [3.05, 3.63) is 17.5 Å². The Morgan fingerprint density at radius 1 is 1.45 bits per heavy atom. The van der Waals surface area contributed by atoms with Crippen molar-refractivity contribution in [3.8, 4) is 0 Å². The van der Waals surface area contributed by atoms with E-state index in [-0.39, 0.29) is 11.9 Å². The van der Waals surface area contributed by atoms with Crippen LogP contribution in [0.15, 0.2) is 21.7 Å². The number of rotatable bonds is 6. The number of carbonyl (C=O) groups excluding carboxylic acids is 1. The Morgan fingerprint density at radius 2 is 2.14 bits per heavy atom. The standard InChI is InChI=1S/C14H23N3O3S2/c1-3-12(2)15-13(18)11-16-6-8-17(9-7-16)22(19,20)14-5-4-10-21-14/h4-5,10,12H,3,6-9,11H2,1-2H3,(H,15,18)/p+1/t12-/m1/s1. The molecule has 1 atom stereocenters. The van der Waals surface area contributed by atoms with E-state index in [4.69, 9.17) is 0 Å². The van der Waals surface area contributed by atoms with Gasteiger partial charge in [-0.2, -0.15) is 4.31 Å². The van der Waals surface area contributed by atoms with Crippen LogP contribution in [0.4, 0.5) is 0 Å². The number of hydrogen-bond donors (Lipinski definition) is 2. The van der Waals surface area contributed by atoms with Crippen molar-refractivity contribution in [2.75, 3.05) is 32.7 Å². The highest BCUT2D eigenvalue weighted by molar-refractivity contribution is 7.91. The maximum Gasteiger partial charge on any atom is 0.275 e. The van der Waals surface area contributed by atoms with Gasteiger partial charge < -0.3 is 10.2 Å². The van der Waals surface area contributed by atoms with Crippen LogP contribution in [0.5, 0.6) is 0 Å². The number of nitrogens with one attached hydrogen (secondary N) is 2. The van der Waals surface area contributed by atoms with E-state index in [2.05, 4.69) is 5.32 Å². The minimum Gasteiger partial charge on any atom is -0.349 e. The predicted molar refractivity (Wildman–Crippen MR) is 86.5 cm³/mol. The third-order valence-electron chi connectivity index (χ3n) is 3.95. The van der Waals surface area contributed by atoms with Gasteiger partial charge in [-0.3, -0.25) is 4.79 Å². The monoisotopic (exact) mass is 346 g/mol. The van der Waals surface area contributed by atoms with E-state index in [9.17, 15) is 13.2 Å². The van der Waals surface area contributed by atoms with E-state index in [0.717, 1.165) is 11.3 Å². The van der Waals surface area contributed by atoms with Crippen LogP contribution in [0.2, 0.25) is 0 Å². The van der Waals surface area contributed by atoms with Gasteiger partial charge in [-0.05, 0) is 24.8 Å². The summed E-state index contributed by atoms with van der Waals surface area (Å²) in [5.74, 6) is 0.0407. The van der Waals surface area contributed by atoms with Crippen molar-refractivity contribution >= 4 is 27.3 Å². The fourth-order valence-electron chi connectivity index (χ4n) is 2.41. The highest BCUT2D eigenvalue weighted by atomic mass is 32.2. The molecule has 0 spiro atoms. The molecule has 1 amide bonds. The zero-order valence-electron chi connectivity index (χ0n) is 13.0. The van der Waals surface area contributed by atoms with Gasteiger partial charge in [-0.25, -0.2) is 8.42 Å². The van der Waals surface area contributed by atoms with E-state index in [1.807, 2.05) is 13.8 Å². The Balaban J connectivity index is 1.85. The smallest absolute Gasteiger partial charge is 0.275 e. The molecule has 1 saturated heterocycles. The second kappa shape index (κ2) is 7.54. The van der Waals surface area contributed by atoms with Crippen molar-refractivity contribution in [2.24, 2.45) is 0 Å². The lowest BCUT2D eigenvalue weighted by atomic mass is 10.2. The zero-order valence-corrected chi connectivity index (χ0v) is 14.7. The van der Waals surface area contributed by atoms with Gasteiger partial charge in [0.1, 0.15) is 4.21 Å². The summed E-state index contributed by atoms with van der Waals surface area (Å²) in [5, 5.41) is 4.72. The summed E-state index contributed by atoms with van der Waals surface area (Å²) >= 11 is 1.24. The SMILES string of the molecule is CC[C@@H](C)NC(=O)C[NH+]1CCN(S(=O)(=O)c2cccs2)CC1. The lowest BCUT2D eigenvalue weighted by Crippen LogP contribution is -3.15. The first kappa shape index (κ1) is 17.4. The topological polar surface area (TPSA) is 70.9 Å². The summed E-state index contributed by atoms with van der Waals surface area (Å²) in [6.07, 6.45) is 0.911. The molecule has 0 aromatic carbocycles. The minimum absolute atomic E-state index is 0.0407. The second-order valence-corrected chi connectivity index (χ2v) is 8.75. The summed E-state index contributed by atoms with van der Waals surface area (Å²) in [6.45, 7) is 6.69. The number of thiophene rings is 1. The van der Waals surface area contributed by atoms with Gasteiger partial charge in [0, 0.05) is 6.04 Å². The van der Waals surface area contributed by atoms with E-state index >= 15 is 0 Å². The normalized spacial score (nSPS) is 19.0. The first-order valence-corrected chi connectivity index (χ1v) is 9.92. The van der Waals surface area contributed by atoms with Crippen LogP contribution in [-0.2, 0) is 14.8 Å². The number of sulfonamides is 1. The number of hydrogen-bond acceptors (Lipinski definition) is 4. The molecule has 1 aliphatic rings. The summed E-state index contributed by atoms with van der Waals surface area (Å²) in [6, 6.07) is 3.57. The van der Waals surface area contributed by atoms with Crippen molar-refractivity contribution in [2.45, 2.75) is 30.5 Å². The van der Waals surface area contributed by atoms with Crippen LogP contribution in [0.3, 0.4) is 0 Å². The lowest BCUT2D eigenvalue weighted by molar-refractivity contribution is -0.895. The maximum atomic E-state index is 12.4. The Morgan fingerprint density at radius 3 is 2.68 bits per heavy atom. The van der Waals surface area contributed by atoms with E-state index in [1.165, 1.54) is 15.6 Å². The first-order chi connectivity index (χ1) is 10.4. The summed E-state index contributed by atoms with van der Waals surface area (Å²) in [7, 11) is -3.36. The van der Waals surface area contributed by atoms with Crippen molar-refractivity contribution in [3.63, 3.8) is 0 Å². The molecule has 0 bridgehead atoms. The van der Waals surface area contributed by atoms with Crippen molar-refractivity contribution in [1.82, 2.24) is 9.62 Å². The average molecular weight is 346 g/mol. The predicted octanol–water partition coefficient (Wildman–Crippen LogP) is -0.448. The van der Waals surface area contributed by atoms with Crippen LogP contribution in [0.1, 0.15) is 20.3 Å². The molecule has 1 aromatic heterocycles. The molecule has 1 aliphatic heterocycles. The summed E-state index contributed by atoms with van der Waals surface area (Å²) in [4.78, 5) is 13.0. The van der Waals surface area contributed by atoms with Crippen LogP contribution < -0.4 is 10.2 Å². The molecule has 124 valence electrons. The van der Waals surface area contributed by atoms with Crippen LogP contribution in [-0.4, -0.2) is 57.4 Å². The number of nitrogens with zero attached hydrogens (tertiary/aromatic N) is 1. The van der Waals surface area contributed by atoms with E-state index in [0.29, 0.717) is 36.9 Å². The molecule has 1 aromatic rings. The Hall–Kier alpha value is -0.960. The highest BCUT2D eigenvalue weighted by Gasteiger charge is 2.31. The molecule has 1 fully saturated rings. The minimum atomic E-state index is -3.36. The number of amides is 1. The average Bonchev–Trinajstić information content (AvgIpc) is 3.02. The number of quaternary nitrogens is 1. The maximum absolute atomic E-state index is 12.4. The van der Waals surface area contributed by atoms with Gasteiger partial charge in [-0.1, -0.05) is 13.0 Å². The Kier molecular flexibility index (Phi) is 5.96. The molecule has 0 unspecified atom stereocenters. The van der Waals surface area contributed by atoms with Gasteiger partial charge in [-0.15, -0.1) is 11.3 Å². The molecular weight excluding hydrogens is 322 g/mol. The number of carbonyl (C=O) groups is 1. The first-order valence-electron chi connectivity index (χ1n) is 7.60. The third kappa shape index (κ3) is 4.28. The molecule has 0 saturated carbocycles. The van der Waals surface area contributed by atoms with Gasteiger partial charge in [0.25, 0.3) is 15.9 Å². The molecule has 0 aliphatic carbocycles. The summed E-state index contributed by atoms with van der Waals surface area (Å²) in [5.41, 5.74) is 0. The molecule has 2 heterocycles. The van der Waals surface area contributed by atoms with Crippen LogP contribution >= 0.6 is 11.3 Å². The number of piperazine rings is 1. The van der Waals surface area contributed by atoms with Gasteiger partial charge in [0.2, 0.25) is 0 Å². The largest absolute Gasteiger partial charge is 0.349 e. The zero-order chi connectivity index (χ0) is 16.2. The second-order valence-electron chi connectivity index (χ2n) is 5.64. The van der Waals surface area contributed by atoms with Crippen molar-refractivity contribution in [1.29, 1.82) is 0 Å².